The van der Waals surface area contributed by atoms with Gasteiger partial charge in [0.1, 0.15) is 18.1 Å². The highest BCUT2D eigenvalue weighted by atomic mass is 35.5. The average molecular weight is 355 g/mol. The van der Waals surface area contributed by atoms with Crippen LogP contribution in [0.1, 0.15) is 21.7 Å². The molecule has 0 spiro atoms. The Morgan fingerprint density at radius 2 is 1.88 bits per heavy atom. The molecule has 3 rings (SSSR count). The first kappa shape index (κ1) is 16.8. The van der Waals surface area contributed by atoms with E-state index < -0.39 is 0 Å². The van der Waals surface area contributed by atoms with Gasteiger partial charge in [-0.3, -0.25) is 4.79 Å². The molecule has 1 heterocycles. The van der Waals surface area contributed by atoms with E-state index in [1.54, 1.807) is 36.4 Å². The monoisotopic (exact) mass is 354 g/mol. The van der Waals surface area contributed by atoms with E-state index in [1.165, 1.54) is 12.5 Å². The fourth-order valence-electron chi connectivity index (χ4n) is 2.03. The van der Waals surface area contributed by atoms with E-state index in [0.29, 0.717) is 28.7 Å². The van der Waals surface area contributed by atoms with Crippen molar-refractivity contribution in [2.45, 2.75) is 6.61 Å². The summed E-state index contributed by atoms with van der Waals surface area (Å²) in [6.45, 7) is 0.427. The van der Waals surface area contributed by atoms with Gasteiger partial charge in [0, 0.05) is 10.6 Å². The van der Waals surface area contributed by atoms with Crippen molar-refractivity contribution < 1.29 is 13.9 Å². The van der Waals surface area contributed by atoms with Crippen LogP contribution in [0.15, 0.2) is 76.4 Å². The van der Waals surface area contributed by atoms with E-state index in [0.717, 1.165) is 5.56 Å². The second-order valence-electron chi connectivity index (χ2n) is 5.15. The first-order valence-electron chi connectivity index (χ1n) is 7.55. The summed E-state index contributed by atoms with van der Waals surface area (Å²) in [5, 5.41) is 4.52. The van der Waals surface area contributed by atoms with Gasteiger partial charge in [0.25, 0.3) is 5.91 Å². The summed E-state index contributed by atoms with van der Waals surface area (Å²) >= 11 is 5.85. The van der Waals surface area contributed by atoms with Crippen LogP contribution in [-0.4, -0.2) is 12.1 Å². The Balaban J connectivity index is 1.52. The Morgan fingerprint density at radius 3 is 2.56 bits per heavy atom. The molecule has 1 amide bonds. The Bertz CT molecular complexity index is 841. The molecule has 0 aliphatic heterocycles. The summed E-state index contributed by atoms with van der Waals surface area (Å²) in [6.07, 6.45) is 2.97. The molecule has 0 saturated carbocycles. The van der Waals surface area contributed by atoms with Crippen LogP contribution in [0.5, 0.6) is 5.75 Å². The van der Waals surface area contributed by atoms with Gasteiger partial charge in [-0.15, -0.1) is 0 Å². The Labute approximate surface area is 149 Å². The normalized spacial score (nSPS) is 10.8. The molecule has 2 aromatic carbocycles. The van der Waals surface area contributed by atoms with Crippen molar-refractivity contribution in [3.05, 3.63) is 88.8 Å². The number of amides is 1. The number of hydrogen-bond donors (Lipinski definition) is 1. The molecule has 0 bridgehead atoms. The molecule has 6 heteroatoms. The van der Waals surface area contributed by atoms with Crippen molar-refractivity contribution in [2.24, 2.45) is 5.10 Å². The van der Waals surface area contributed by atoms with Crippen LogP contribution < -0.4 is 10.2 Å². The fraction of sp³-hybridized carbons (Fsp3) is 0.0526. The number of furan rings is 1. The molecule has 0 fully saturated rings. The van der Waals surface area contributed by atoms with Crippen LogP contribution in [0.2, 0.25) is 5.02 Å². The summed E-state index contributed by atoms with van der Waals surface area (Å²) < 4.78 is 10.8. The lowest BCUT2D eigenvalue weighted by molar-refractivity contribution is 0.0955. The van der Waals surface area contributed by atoms with Gasteiger partial charge in [0.05, 0.1) is 12.5 Å². The molecule has 0 aliphatic carbocycles. The number of rotatable bonds is 6. The maximum atomic E-state index is 12.0. The Hall–Kier alpha value is -3.05. The number of hydrogen-bond acceptors (Lipinski definition) is 4. The molecular formula is C19H15ClN2O3. The lowest BCUT2D eigenvalue weighted by Gasteiger charge is -2.07. The molecule has 0 saturated heterocycles. The summed E-state index contributed by atoms with van der Waals surface area (Å²) in [5.74, 6) is 0.920. The van der Waals surface area contributed by atoms with Gasteiger partial charge in [-0.2, -0.15) is 5.10 Å². The molecule has 1 N–H and O–H groups in total. The van der Waals surface area contributed by atoms with E-state index in [1.807, 2.05) is 24.3 Å². The van der Waals surface area contributed by atoms with Crippen molar-refractivity contribution in [1.29, 1.82) is 0 Å². The van der Waals surface area contributed by atoms with E-state index in [4.69, 9.17) is 20.8 Å². The smallest absolute Gasteiger partial charge is 0.271 e. The zero-order valence-electron chi connectivity index (χ0n) is 13.2. The number of carbonyl (C=O) groups excluding carboxylic acids is 1. The lowest BCUT2D eigenvalue weighted by atomic mass is 10.2. The topological polar surface area (TPSA) is 63.8 Å². The zero-order chi connectivity index (χ0) is 17.5. The number of nitrogens with one attached hydrogen (secondary N) is 1. The third-order valence-electron chi connectivity index (χ3n) is 3.34. The number of carbonyl (C=O) groups is 1. The molecule has 0 unspecified atom stereocenters. The third kappa shape index (κ3) is 4.96. The van der Waals surface area contributed by atoms with Gasteiger partial charge in [-0.1, -0.05) is 23.7 Å². The molecule has 3 aromatic rings. The maximum absolute atomic E-state index is 12.0. The zero-order valence-corrected chi connectivity index (χ0v) is 13.9. The highest BCUT2D eigenvalue weighted by molar-refractivity contribution is 6.30. The third-order valence-corrected chi connectivity index (χ3v) is 3.59. The van der Waals surface area contributed by atoms with Crippen molar-refractivity contribution in [3.8, 4) is 5.75 Å². The minimum absolute atomic E-state index is 0.313. The number of hydrazone groups is 1. The van der Waals surface area contributed by atoms with Crippen LogP contribution >= 0.6 is 11.6 Å². The first-order valence-corrected chi connectivity index (χ1v) is 7.93. The Morgan fingerprint density at radius 1 is 1.12 bits per heavy atom. The molecule has 0 radical (unpaired) electrons. The predicted octanol–water partition coefficient (Wildman–Crippen LogP) is 4.28. The molecule has 0 aliphatic rings. The molecular weight excluding hydrogens is 340 g/mol. The number of nitrogens with zero attached hydrogens (tertiary/aromatic N) is 1. The lowest BCUT2D eigenvalue weighted by Crippen LogP contribution is -2.17. The first-order chi connectivity index (χ1) is 12.2. The van der Waals surface area contributed by atoms with Crippen LogP contribution in [-0.2, 0) is 6.61 Å². The molecule has 5 nitrogen and oxygen atoms in total. The van der Waals surface area contributed by atoms with Gasteiger partial charge in [0.15, 0.2) is 0 Å². The van der Waals surface area contributed by atoms with Gasteiger partial charge in [0.2, 0.25) is 0 Å². The summed E-state index contributed by atoms with van der Waals surface area (Å²) in [5.41, 5.74) is 3.93. The number of halogens is 1. The van der Waals surface area contributed by atoms with E-state index >= 15 is 0 Å². The van der Waals surface area contributed by atoms with Crippen molar-refractivity contribution in [1.82, 2.24) is 5.43 Å². The van der Waals surface area contributed by atoms with Crippen molar-refractivity contribution in [3.63, 3.8) is 0 Å². The Kier molecular flexibility index (Phi) is 5.49. The van der Waals surface area contributed by atoms with Gasteiger partial charge in [-0.05, 0) is 54.1 Å². The summed E-state index contributed by atoms with van der Waals surface area (Å²) in [6, 6.07) is 17.7. The number of benzene rings is 2. The highest BCUT2D eigenvalue weighted by Gasteiger charge is 2.04. The summed E-state index contributed by atoms with van der Waals surface area (Å²) in [7, 11) is 0. The molecule has 126 valence electrons. The van der Waals surface area contributed by atoms with E-state index in [9.17, 15) is 4.79 Å². The number of ether oxygens (including phenoxy) is 1. The van der Waals surface area contributed by atoms with E-state index in [-0.39, 0.29) is 5.91 Å². The minimum atomic E-state index is -0.313. The van der Waals surface area contributed by atoms with Gasteiger partial charge < -0.3 is 9.15 Å². The maximum Gasteiger partial charge on any atom is 0.271 e. The van der Waals surface area contributed by atoms with E-state index in [2.05, 4.69) is 10.5 Å². The second-order valence-corrected chi connectivity index (χ2v) is 5.59. The van der Waals surface area contributed by atoms with Crippen LogP contribution in [0.3, 0.4) is 0 Å². The second kappa shape index (κ2) is 8.17. The quantitative estimate of drug-likeness (QED) is 0.531. The van der Waals surface area contributed by atoms with Gasteiger partial charge in [-0.25, -0.2) is 5.43 Å². The average Bonchev–Trinajstić information content (AvgIpc) is 3.15. The molecule has 0 atom stereocenters. The summed E-state index contributed by atoms with van der Waals surface area (Å²) in [4.78, 5) is 12.0. The molecule has 1 aromatic heterocycles. The highest BCUT2D eigenvalue weighted by Crippen LogP contribution is 2.15. The minimum Gasteiger partial charge on any atom is -0.489 e. The largest absolute Gasteiger partial charge is 0.489 e. The SMILES string of the molecule is O=C(N/N=C/c1ccco1)c1ccc(OCc2ccc(Cl)cc2)cc1. The van der Waals surface area contributed by atoms with Crippen LogP contribution in [0.4, 0.5) is 0 Å². The van der Waals surface area contributed by atoms with Crippen LogP contribution in [0, 0.1) is 0 Å². The van der Waals surface area contributed by atoms with Crippen molar-refractivity contribution >= 4 is 23.7 Å². The predicted molar refractivity (Wildman–Crippen MR) is 96.0 cm³/mol. The molecule has 25 heavy (non-hydrogen) atoms. The fourth-order valence-corrected chi connectivity index (χ4v) is 2.16. The van der Waals surface area contributed by atoms with Crippen molar-refractivity contribution in [2.75, 3.05) is 0 Å². The van der Waals surface area contributed by atoms with Crippen LogP contribution in [0.25, 0.3) is 0 Å². The van der Waals surface area contributed by atoms with Gasteiger partial charge >= 0.3 is 0 Å². The standard InChI is InChI=1S/C19H15ClN2O3/c20-16-7-3-14(4-8-16)13-25-17-9-5-15(6-10-17)19(23)22-21-12-18-2-1-11-24-18/h1-12H,13H2,(H,22,23)/b21-12+.